The molecule has 0 aromatic heterocycles. The van der Waals surface area contributed by atoms with Crippen LogP contribution in [0.2, 0.25) is 0 Å². The number of sulfonamides is 1. The van der Waals surface area contributed by atoms with E-state index in [0.717, 1.165) is 5.56 Å². The lowest BCUT2D eigenvalue weighted by atomic mass is 10.1. The van der Waals surface area contributed by atoms with E-state index in [1.54, 1.807) is 36.4 Å². The number of carbonyl (C=O) groups is 1. The minimum Gasteiger partial charge on any atom is -0.326 e. The molecule has 0 radical (unpaired) electrons. The van der Waals surface area contributed by atoms with Gasteiger partial charge in [0.05, 0.1) is 5.75 Å². The quantitative estimate of drug-likeness (QED) is 0.847. The zero-order valence-electron chi connectivity index (χ0n) is 12.3. The van der Waals surface area contributed by atoms with E-state index in [-0.39, 0.29) is 23.9 Å². The van der Waals surface area contributed by atoms with Gasteiger partial charge in [-0.25, -0.2) is 17.9 Å². The maximum absolute atomic E-state index is 12.8. The number of benzene rings is 2. The molecule has 0 saturated carbocycles. The number of aryl methyl sites for hydroxylation is 1. The van der Waals surface area contributed by atoms with E-state index < -0.39 is 10.0 Å². The summed E-state index contributed by atoms with van der Waals surface area (Å²) in [4.78, 5) is 11.9. The molecule has 2 aromatic rings. The third-order valence-electron chi connectivity index (χ3n) is 3.16. The number of carbonyl (C=O) groups excluding carboxylic acids is 1. The molecule has 0 aliphatic carbocycles. The fourth-order valence-corrected chi connectivity index (χ4v) is 2.71. The molecule has 0 saturated heterocycles. The molecular weight excluding hydrogens is 319 g/mol. The van der Waals surface area contributed by atoms with Crippen LogP contribution in [0.4, 0.5) is 10.1 Å². The van der Waals surface area contributed by atoms with E-state index in [1.807, 2.05) is 0 Å². The fraction of sp³-hybridized carbons (Fsp3) is 0.188. The van der Waals surface area contributed by atoms with Crippen molar-refractivity contribution in [2.45, 2.75) is 18.6 Å². The second-order valence-corrected chi connectivity index (χ2v) is 6.79. The van der Waals surface area contributed by atoms with Crippen LogP contribution in [-0.2, 0) is 27.0 Å². The van der Waals surface area contributed by atoms with Crippen LogP contribution in [0.25, 0.3) is 0 Å². The third-order valence-corrected chi connectivity index (χ3v) is 3.90. The van der Waals surface area contributed by atoms with Crippen LogP contribution in [0.3, 0.4) is 0 Å². The number of primary sulfonamides is 1. The van der Waals surface area contributed by atoms with Gasteiger partial charge in [0.15, 0.2) is 0 Å². The van der Waals surface area contributed by atoms with Gasteiger partial charge in [0.25, 0.3) is 0 Å². The highest BCUT2D eigenvalue weighted by Crippen LogP contribution is 2.12. The normalized spacial score (nSPS) is 11.2. The lowest BCUT2D eigenvalue weighted by molar-refractivity contribution is -0.116. The van der Waals surface area contributed by atoms with Gasteiger partial charge in [-0.2, -0.15) is 0 Å². The highest BCUT2D eigenvalue weighted by molar-refractivity contribution is 7.88. The zero-order valence-corrected chi connectivity index (χ0v) is 13.1. The Balaban J connectivity index is 1.86. The molecule has 7 heteroatoms. The molecule has 122 valence electrons. The minimum atomic E-state index is -3.57. The number of nitrogens with one attached hydrogen (secondary N) is 1. The van der Waals surface area contributed by atoms with Crippen molar-refractivity contribution in [3.8, 4) is 0 Å². The Morgan fingerprint density at radius 2 is 1.57 bits per heavy atom. The van der Waals surface area contributed by atoms with E-state index in [2.05, 4.69) is 5.32 Å². The van der Waals surface area contributed by atoms with Gasteiger partial charge in [0.1, 0.15) is 5.82 Å². The summed E-state index contributed by atoms with van der Waals surface area (Å²) in [5.74, 6) is -0.725. The largest absolute Gasteiger partial charge is 0.326 e. The van der Waals surface area contributed by atoms with Crippen LogP contribution in [0.5, 0.6) is 0 Å². The predicted octanol–water partition coefficient (Wildman–Crippen LogP) is 2.19. The Hall–Kier alpha value is -2.25. The number of hydrogen-bond acceptors (Lipinski definition) is 3. The van der Waals surface area contributed by atoms with Crippen molar-refractivity contribution in [1.82, 2.24) is 0 Å². The van der Waals surface area contributed by atoms with Crippen molar-refractivity contribution in [2.75, 3.05) is 5.32 Å². The van der Waals surface area contributed by atoms with Crippen LogP contribution in [-0.4, -0.2) is 14.3 Å². The summed E-state index contributed by atoms with van der Waals surface area (Å²) >= 11 is 0. The van der Waals surface area contributed by atoms with Crippen LogP contribution in [0.1, 0.15) is 17.5 Å². The second kappa shape index (κ2) is 7.34. The summed E-state index contributed by atoms with van der Waals surface area (Å²) in [6.45, 7) is 0. The Kier molecular flexibility index (Phi) is 5.46. The molecule has 0 aliphatic rings. The molecule has 0 spiro atoms. The van der Waals surface area contributed by atoms with Gasteiger partial charge in [-0.15, -0.1) is 0 Å². The smallest absolute Gasteiger partial charge is 0.224 e. The number of anilines is 1. The molecule has 3 N–H and O–H groups in total. The minimum absolute atomic E-state index is 0.173. The van der Waals surface area contributed by atoms with Crippen LogP contribution in [0.15, 0.2) is 48.5 Å². The molecule has 2 rings (SSSR count). The van der Waals surface area contributed by atoms with Gasteiger partial charge in [0, 0.05) is 12.1 Å². The molecular formula is C16H17FN2O3S. The van der Waals surface area contributed by atoms with Crippen molar-refractivity contribution in [1.29, 1.82) is 0 Å². The molecule has 0 aliphatic heterocycles. The Labute approximate surface area is 134 Å². The van der Waals surface area contributed by atoms with Crippen molar-refractivity contribution in [3.05, 3.63) is 65.5 Å². The topological polar surface area (TPSA) is 89.3 Å². The van der Waals surface area contributed by atoms with E-state index in [1.165, 1.54) is 12.1 Å². The molecule has 23 heavy (non-hydrogen) atoms. The van der Waals surface area contributed by atoms with E-state index in [4.69, 9.17) is 5.14 Å². The lowest BCUT2D eigenvalue weighted by Gasteiger charge is -2.06. The summed E-state index contributed by atoms with van der Waals surface area (Å²) in [7, 11) is -3.57. The van der Waals surface area contributed by atoms with Gasteiger partial charge in [0.2, 0.25) is 15.9 Å². The van der Waals surface area contributed by atoms with Crippen molar-refractivity contribution in [3.63, 3.8) is 0 Å². The maximum Gasteiger partial charge on any atom is 0.224 e. The van der Waals surface area contributed by atoms with Gasteiger partial charge >= 0.3 is 0 Å². The van der Waals surface area contributed by atoms with Crippen molar-refractivity contribution < 1.29 is 17.6 Å². The fourth-order valence-electron chi connectivity index (χ4n) is 2.05. The average molecular weight is 336 g/mol. The first-order valence-electron chi connectivity index (χ1n) is 6.95. The van der Waals surface area contributed by atoms with Crippen molar-refractivity contribution in [2.24, 2.45) is 5.14 Å². The van der Waals surface area contributed by atoms with Crippen molar-refractivity contribution >= 4 is 21.6 Å². The average Bonchev–Trinajstić information content (AvgIpc) is 2.47. The first kappa shape index (κ1) is 17.1. The lowest BCUT2D eigenvalue weighted by Crippen LogP contribution is -2.15. The molecule has 0 atom stereocenters. The van der Waals surface area contributed by atoms with Crippen LogP contribution in [0, 0.1) is 5.82 Å². The Bertz CT molecular complexity index is 772. The molecule has 0 fully saturated rings. The highest BCUT2D eigenvalue weighted by atomic mass is 32.2. The van der Waals surface area contributed by atoms with Gasteiger partial charge in [-0.05, 0) is 41.8 Å². The first-order valence-corrected chi connectivity index (χ1v) is 8.67. The standard InChI is InChI=1S/C16H17FN2O3S/c17-14-6-1-12(2-7-14)5-10-16(20)19-15-8-3-13(4-9-15)11-23(18,21)22/h1-4,6-9H,5,10-11H2,(H,19,20)(H2,18,21,22). The molecule has 1 amide bonds. The van der Waals surface area contributed by atoms with Crippen LogP contribution >= 0.6 is 0 Å². The monoisotopic (exact) mass is 336 g/mol. The molecule has 2 aromatic carbocycles. The molecule has 0 unspecified atom stereocenters. The predicted molar refractivity (Wildman–Crippen MR) is 86.6 cm³/mol. The first-order chi connectivity index (χ1) is 10.8. The Morgan fingerprint density at radius 3 is 2.13 bits per heavy atom. The summed E-state index contributed by atoms with van der Waals surface area (Å²) in [6, 6.07) is 12.4. The molecule has 0 heterocycles. The zero-order chi connectivity index (χ0) is 16.9. The number of rotatable bonds is 6. The Morgan fingerprint density at radius 1 is 1.00 bits per heavy atom. The summed E-state index contributed by atoms with van der Waals surface area (Å²) in [5.41, 5.74) is 2.01. The van der Waals surface area contributed by atoms with Crippen LogP contribution < -0.4 is 10.5 Å². The summed E-state index contributed by atoms with van der Waals surface area (Å²) in [5, 5.41) is 7.69. The van der Waals surface area contributed by atoms with E-state index in [9.17, 15) is 17.6 Å². The maximum atomic E-state index is 12.8. The second-order valence-electron chi connectivity index (χ2n) is 5.18. The van der Waals surface area contributed by atoms with Gasteiger partial charge in [-0.3, -0.25) is 4.79 Å². The number of amides is 1. The molecule has 0 bridgehead atoms. The number of nitrogens with two attached hydrogens (primary N) is 1. The number of halogens is 1. The summed E-state index contributed by atoms with van der Waals surface area (Å²) < 4.78 is 34.8. The van der Waals surface area contributed by atoms with E-state index in [0.29, 0.717) is 17.7 Å². The van der Waals surface area contributed by atoms with Gasteiger partial charge in [-0.1, -0.05) is 24.3 Å². The number of hydrogen-bond donors (Lipinski definition) is 2. The summed E-state index contributed by atoms with van der Waals surface area (Å²) in [6.07, 6.45) is 0.778. The third kappa shape index (κ3) is 6.17. The SMILES string of the molecule is NS(=O)(=O)Cc1ccc(NC(=O)CCc2ccc(F)cc2)cc1. The van der Waals surface area contributed by atoms with Gasteiger partial charge < -0.3 is 5.32 Å². The molecule has 5 nitrogen and oxygen atoms in total. The van der Waals surface area contributed by atoms with E-state index >= 15 is 0 Å². The highest BCUT2D eigenvalue weighted by Gasteiger charge is 2.06.